The fourth-order valence-electron chi connectivity index (χ4n) is 8.08. The van der Waals surface area contributed by atoms with Crippen molar-refractivity contribution in [2.45, 2.75) is 90.4 Å². The maximum atomic E-state index is 13.3. The lowest BCUT2D eigenvalue weighted by Crippen LogP contribution is -2.57. The maximum absolute atomic E-state index is 13.3. The first-order valence-electron chi connectivity index (χ1n) is 20.5. The molecule has 3 aliphatic heterocycles. The number of nitrogens with zero attached hydrogens (tertiary/aromatic N) is 3. The number of aliphatic hydroxyl groups excluding tert-OH is 1. The molecule has 0 aromatic heterocycles. The molecule has 2 aromatic carbocycles. The molecule has 2 aromatic rings. The smallest absolute Gasteiger partial charge is 0.263 e. The quantitative estimate of drug-likeness (QED) is 0.185. The van der Waals surface area contributed by atoms with Gasteiger partial charge in [-0.15, -0.1) is 0 Å². The molecule has 3 fully saturated rings. The van der Waals surface area contributed by atoms with Crippen molar-refractivity contribution in [3.05, 3.63) is 70.3 Å². The summed E-state index contributed by atoms with van der Waals surface area (Å²) in [6.07, 6.45) is 11.3. The number of benzene rings is 2. The number of piperazine rings is 1. The molecule has 1 aliphatic carbocycles. The van der Waals surface area contributed by atoms with Gasteiger partial charge in [0.1, 0.15) is 16.7 Å². The van der Waals surface area contributed by atoms with Crippen LogP contribution in [-0.4, -0.2) is 109 Å². The summed E-state index contributed by atoms with van der Waals surface area (Å²) in [5.41, 5.74) is 4.03. The molecule has 11 heteroatoms. The molecule has 1 saturated carbocycles. The normalized spacial score (nSPS) is 23.3. The number of allylic oxidation sites excluding steroid dienone is 1. The van der Waals surface area contributed by atoms with E-state index in [2.05, 4.69) is 57.6 Å². The van der Waals surface area contributed by atoms with Gasteiger partial charge in [-0.25, -0.2) is 4.21 Å². The average molecular weight is 786 g/mol. The van der Waals surface area contributed by atoms with Crippen LogP contribution in [0.5, 0.6) is 5.75 Å². The van der Waals surface area contributed by atoms with Crippen LogP contribution in [-0.2, 0) is 22.1 Å². The van der Waals surface area contributed by atoms with Crippen molar-refractivity contribution in [1.29, 1.82) is 0 Å². The minimum atomic E-state index is -1.45. The van der Waals surface area contributed by atoms with Gasteiger partial charge in [-0.2, -0.15) is 0 Å². The van der Waals surface area contributed by atoms with Crippen molar-refractivity contribution >= 4 is 34.2 Å². The van der Waals surface area contributed by atoms with Crippen LogP contribution in [0.2, 0.25) is 5.02 Å². The number of fused-ring (bicyclic) bond motifs is 1. The molecule has 0 spiro atoms. The van der Waals surface area contributed by atoms with Crippen LogP contribution in [0.25, 0.3) is 0 Å². The summed E-state index contributed by atoms with van der Waals surface area (Å²) in [6.45, 7) is 20.0. The zero-order valence-corrected chi connectivity index (χ0v) is 34.9. The first-order chi connectivity index (χ1) is 26.1. The Labute approximate surface area is 332 Å². The molecule has 300 valence electrons. The van der Waals surface area contributed by atoms with Crippen LogP contribution >= 0.6 is 11.6 Å². The Balaban J connectivity index is 0.00000133. The second kappa shape index (κ2) is 21.2. The summed E-state index contributed by atoms with van der Waals surface area (Å²) in [4.78, 5) is 21.1. The summed E-state index contributed by atoms with van der Waals surface area (Å²) < 4.78 is 27.3. The zero-order valence-electron chi connectivity index (χ0n) is 33.3. The summed E-state index contributed by atoms with van der Waals surface area (Å²) in [5.74, 6) is 2.29. The summed E-state index contributed by atoms with van der Waals surface area (Å²) in [7, 11) is -1.45. The minimum Gasteiger partial charge on any atom is -0.491 e. The van der Waals surface area contributed by atoms with Gasteiger partial charge >= 0.3 is 0 Å². The molecule has 2 saturated heterocycles. The monoisotopic (exact) mass is 784 g/mol. The van der Waals surface area contributed by atoms with Gasteiger partial charge in [0.15, 0.2) is 0 Å². The lowest BCUT2D eigenvalue weighted by atomic mass is 9.66. The molecule has 0 radical (unpaired) electrons. The van der Waals surface area contributed by atoms with Crippen molar-refractivity contribution in [1.82, 2.24) is 14.5 Å². The fraction of sp³-hybridized carbons (Fsp3) is 0.651. The van der Waals surface area contributed by atoms with Crippen LogP contribution in [0.15, 0.2) is 48.6 Å². The molecule has 6 rings (SSSR count). The molecule has 54 heavy (non-hydrogen) atoms. The largest absolute Gasteiger partial charge is 0.491 e. The van der Waals surface area contributed by atoms with Crippen molar-refractivity contribution < 1.29 is 23.6 Å². The minimum absolute atomic E-state index is 0.151. The Bertz CT molecular complexity index is 1540. The van der Waals surface area contributed by atoms with E-state index in [0.717, 1.165) is 101 Å². The first-order valence-corrected chi connectivity index (χ1v) is 22.1. The highest BCUT2D eigenvalue weighted by Crippen LogP contribution is 2.44. The second-order valence-corrected chi connectivity index (χ2v) is 17.9. The number of aliphatic hydroxyl groups is 1. The van der Waals surface area contributed by atoms with Gasteiger partial charge in [0.2, 0.25) is 0 Å². The Morgan fingerprint density at radius 1 is 1.04 bits per heavy atom. The Kier molecular flexibility index (Phi) is 16.7. The van der Waals surface area contributed by atoms with E-state index >= 15 is 0 Å². The molecule has 5 unspecified atom stereocenters. The van der Waals surface area contributed by atoms with Gasteiger partial charge in [-0.1, -0.05) is 57.0 Å². The summed E-state index contributed by atoms with van der Waals surface area (Å²) in [6, 6.07) is 12.6. The van der Waals surface area contributed by atoms with E-state index in [9.17, 15) is 9.00 Å². The van der Waals surface area contributed by atoms with Crippen molar-refractivity contribution in [2.75, 3.05) is 77.1 Å². The number of aryl methyl sites for hydroxylation is 1. The lowest BCUT2D eigenvalue weighted by Gasteiger charge is -2.47. The van der Waals surface area contributed by atoms with E-state index in [-0.39, 0.29) is 17.1 Å². The zero-order chi connectivity index (χ0) is 38.6. The molecule has 5 atom stereocenters. The molecule has 0 bridgehead atoms. The Morgan fingerprint density at radius 2 is 1.80 bits per heavy atom. The highest BCUT2D eigenvalue weighted by molar-refractivity contribution is 7.84. The predicted molar refractivity (Wildman–Crippen MR) is 222 cm³/mol. The standard InChI is InChI=1S/C40H57ClN4O4S.C3H8O/c1-5-7-9-31(22-43-16-18-44(19-17-43)35-26-48-27-35)37-13-10-32(37)23-45-24-33(36-14-12-34(41)20-29(36)8-6-2)25-49-39-15-11-30(21-38(39)45)40(46)42-50(47)28(3)4;1-2-3-4/h7,9,11-12,14-15,20-21,28,31-33,35,37H,5-6,8,10,13,16-19,22-27H2,1-4H3,(H,42,46);4H,2-3H2,1H3/b9-7+;. The predicted octanol–water partition coefficient (Wildman–Crippen LogP) is 7.09. The van der Waals surface area contributed by atoms with Crippen molar-refractivity contribution in [2.24, 2.45) is 17.8 Å². The number of anilines is 1. The second-order valence-electron chi connectivity index (χ2n) is 15.7. The van der Waals surface area contributed by atoms with Crippen molar-refractivity contribution in [3.8, 4) is 5.75 Å². The molecule has 9 nitrogen and oxygen atoms in total. The number of rotatable bonds is 15. The Morgan fingerprint density at radius 3 is 2.41 bits per heavy atom. The Hall–Kier alpha value is -2.47. The molecule has 4 aliphatic rings. The number of halogens is 1. The lowest BCUT2D eigenvalue weighted by molar-refractivity contribution is -0.0782. The number of carbonyl (C=O) groups excluding carboxylic acids is 1. The third kappa shape index (κ3) is 11.3. The number of ether oxygens (including phenoxy) is 2. The third-order valence-electron chi connectivity index (χ3n) is 11.5. The summed E-state index contributed by atoms with van der Waals surface area (Å²) in [5, 5.41) is 8.48. The number of nitrogens with one attached hydrogen (secondary N) is 1. The summed E-state index contributed by atoms with van der Waals surface area (Å²) >= 11 is 6.49. The van der Waals surface area contributed by atoms with E-state index in [1.54, 1.807) is 6.07 Å². The highest BCUT2D eigenvalue weighted by Gasteiger charge is 2.40. The van der Waals surface area contributed by atoms with E-state index < -0.39 is 11.0 Å². The van der Waals surface area contributed by atoms with Gasteiger partial charge in [0.05, 0.1) is 31.5 Å². The molecular weight excluding hydrogens is 720 g/mol. The van der Waals surface area contributed by atoms with E-state index in [1.807, 2.05) is 39.0 Å². The van der Waals surface area contributed by atoms with Crippen LogP contribution in [0.4, 0.5) is 5.69 Å². The number of amides is 1. The maximum Gasteiger partial charge on any atom is 0.263 e. The van der Waals surface area contributed by atoms with Gasteiger partial charge in [-0.05, 0) is 105 Å². The van der Waals surface area contributed by atoms with E-state index in [4.69, 9.17) is 26.2 Å². The van der Waals surface area contributed by atoms with Gasteiger partial charge < -0.3 is 24.4 Å². The third-order valence-corrected chi connectivity index (χ3v) is 12.9. The molecule has 1 amide bonds. The van der Waals surface area contributed by atoms with Crippen LogP contribution in [0.3, 0.4) is 0 Å². The SMILES string of the molecule is CC/C=C/C(CN1CCN(C2COC2)CC1)C1CCC1CN1CC(c2ccc(Cl)cc2CCC)COc2ccc(C(=O)NS(=O)C(C)C)cc21.CCCO. The van der Waals surface area contributed by atoms with Crippen LogP contribution in [0.1, 0.15) is 94.1 Å². The van der Waals surface area contributed by atoms with Gasteiger partial charge in [0.25, 0.3) is 5.91 Å². The van der Waals surface area contributed by atoms with Crippen molar-refractivity contribution in [3.63, 3.8) is 0 Å². The van der Waals surface area contributed by atoms with Gasteiger partial charge in [0, 0.05) is 74.2 Å². The van der Waals surface area contributed by atoms with E-state index in [0.29, 0.717) is 42.6 Å². The first kappa shape index (κ1) is 42.7. The van der Waals surface area contributed by atoms with Crippen LogP contribution < -0.4 is 14.4 Å². The molecule has 2 N–H and O–H groups in total. The highest BCUT2D eigenvalue weighted by atomic mass is 35.5. The van der Waals surface area contributed by atoms with E-state index in [1.165, 1.54) is 24.0 Å². The number of hydrogen-bond acceptors (Lipinski definition) is 8. The topological polar surface area (TPSA) is 94.6 Å². The fourth-order valence-corrected chi connectivity index (χ4v) is 8.82. The molecular formula is C43H65ClN4O5S. The van der Waals surface area contributed by atoms with Crippen LogP contribution in [0, 0.1) is 17.8 Å². The number of hydrogen-bond donors (Lipinski definition) is 2. The molecule has 3 heterocycles. The number of carbonyl (C=O) groups is 1. The van der Waals surface area contributed by atoms with Gasteiger partial charge in [-0.3, -0.25) is 14.4 Å². The average Bonchev–Trinajstić information content (AvgIpc) is 3.31.